The van der Waals surface area contributed by atoms with E-state index in [1.54, 1.807) is 9.47 Å². The Bertz CT molecular complexity index is 1070. The normalized spacial score (nSPS) is 10.9. The van der Waals surface area contributed by atoms with E-state index in [1.807, 2.05) is 70.2 Å². The summed E-state index contributed by atoms with van der Waals surface area (Å²) in [5, 5.41) is 0.825. The molecule has 1 amide bonds. The van der Waals surface area contributed by atoms with Crippen molar-refractivity contribution < 1.29 is 9.53 Å². The van der Waals surface area contributed by atoms with E-state index in [2.05, 4.69) is 0 Å². The number of aromatic nitrogens is 1. The van der Waals surface area contributed by atoms with Gasteiger partial charge in [-0.3, -0.25) is 9.59 Å². The number of carbonyl (C=O) groups is 1. The van der Waals surface area contributed by atoms with Gasteiger partial charge in [0.1, 0.15) is 5.75 Å². The highest BCUT2D eigenvalue weighted by Crippen LogP contribution is 2.24. The highest BCUT2D eigenvalue weighted by atomic mass is 16.5. The molecular formula is C23H26N2O3. The Morgan fingerprint density at radius 2 is 1.79 bits per heavy atom. The second-order valence-corrected chi connectivity index (χ2v) is 6.80. The minimum absolute atomic E-state index is 0.125. The summed E-state index contributed by atoms with van der Waals surface area (Å²) in [4.78, 5) is 26.9. The zero-order chi connectivity index (χ0) is 20.3. The van der Waals surface area contributed by atoms with Crippen molar-refractivity contribution in [2.45, 2.75) is 34.2 Å². The van der Waals surface area contributed by atoms with Gasteiger partial charge >= 0.3 is 0 Å². The number of carbonyl (C=O) groups excluding carboxylic acids is 1. The van der Waals surface area contributed by atoms with E-state index in [-0.39, 0.29) is 18.1 Å². The maximum absolute atomic E-state index is 12.8. The molecule has 0 spiro atoms. The Morgan fingerprint density at radius 3 is 2.46 bits per heavy atom. The van der Waals surface area contributed by atoms with E-state index >= 15 is 0 Å². The third kappa shape index (κ3) is 3.79. The van der Waals surface area contributed by atoms with Crippen LogP contribution in [0.2, 0.25) is 0 Å². The number of amides is 1. The van der Waals surface area contributed by atoms with Gasteiger partial charge < -0.3 is 14.2 Å². The number of pyridine rings is 1. The fraction of sp³-hybridized carbons (Fsp3) is 0.304. The largest absolute Gasteiger partial charge is 0.483 e. The number of likely N-dealkylation sites (N-methyl/N-ethyl adjacent to an activating group) is 1. The van der Waals surface area contributed by atoms with Crippen LogP contribution in [0.3, 0.4) is 0 Å². The van der Waals surface area contributed by atoms with Crippen molar-refractivity contribution in [2.75, 3.05) is 18.1 Å². The number of benzene rings is 2. The van der Waals surface area contributed by atoms with Gasteiger partial charge in [-0.1, -0.05) is 18.2 Å². The number of anilines is 1. The number of aryl methyl sites for hydroxylation is 3. The third-order valence-corrected chi connectivity index (χ3v) is 5.07. The first-order chi connectivity index (χ1) is 13.5. The summed E-state index contributed by atoms with van der Waals surface area (Å²) >= 11 is 0. The van der Waals surface area contributed by atoms with Crippen molar-refractivity contribution in [1.82, 2.24) is 4.57 Å². The minimum atomic E-state index is -0.144. The predicted octanol–water partition coefficient (Wildman–Crippen LogP) is 4.07. The zero-order valence-corrected chi connectivity index (χ0v) is 16.9. The van der Waals surface area contributed by atoms with Gasteiger partial charge in [0.05, 0.1) is 5.52 Å². The molecule has 0 radical (unpaired) electrons. The van der Waals surface area contributed by atoms with Crippen molar-refractivity contribution >= 4 is 22.5 Å². The highest BCUT2D eigenvalue weighted by molar-refractivity contribution is 5.95. The van der Waals surface area contributed by atoms with Crippen LogP contribution in [-0.2, 0) is 11.3 Å². The number of ether oxygens (including phenoxy) is 1. The molecule has 0 unspecified atom stereocenters. The molecule has 28 heavy (non-hydrogen) atoms. The van der Waals surface area contributed by atoms with E-state index in [9.17, 15) is 9.59 Å². The van der Waals surface area contributed by atoms with Gasteiger partial charge in [0.25, 0.3) is 11.5 Å². The van der Waals surface area contributed by atoms with Gasteiger partial charge in [-0.05, 0) is 63.1 Å². The molecule has 0 aliphatic rings. The summed E-state index contributed by atoms with van der Waals surface area (Å²) in [6.45, 7) is 8.94. The van der Waals surface area contributed by atoms with Gasteiger partial charge in [-0.25, -0.2) is 0 Å². The molecule has 0 saturated heterocycles. The molecule has 3 aromatic rings. The molecule has 5 nitrogen and oxygen atoms in total. The maximum atomic E-state index is 12.8. The first-order valence-electron chi connectivity index (χ1n) is 9.59. The van der Waals surface area contributed by atoms with Gasteiger partial charge in [0, 0.05) is 30.2 Å². The summed E-state index contributed by atoms with van der Waals surface area (Å²) in [6.07, 6.45) is 0. The predicted molar refractivity (Wildman–Crippen MR) is 113 cm³/mol. The fourth-order valence-corrected chi connectivity index (χ4v) is 3.36. The van der Waals surface area contributed by atoms with Crippen molar-refractivity contribution in [3.63, 3.8) is 0 Å². The molecule has 1 heterocycles. The van der Waals surface area contributed by atoms with E-state index in [0.29, 0.717) is 18.8 Å². The van der Waals surface area contributed by atoms with Crippen LogP contribution in [0.25, 0.3) is 10.9 Å². The average molecular weight is 378 g/mol. The van der Waals surface area contributed by atoms with Crippen LogP contribution < -0.4 is 15.2 Å². The number of hydrogen-bond donors (Lipinski definition) is 0. The molecule has 1 aromatic heterocycles. The first kappa shape index (κ1) is 19.7. The molecule has 0 aliphatic heterocycles. The number of para-hydroxylation sites is 1. The molecule has 146 valence electrons. The Morgan fingerprint density at radius 1 is 1.04 bits per heavy atom. The first-order valence-corrected chi connectivity index (χ1v) is 9.59. The molecule has 2 aromatic carbocycles. The van der Waals surface area contributed by atoms with E-state index in [1.165, 1.54) is 11.6 Å². The molecule has 0 N–H and O–H groups in total. The Hall–Kier alpha value is -3.08. The third-order valence-electron chi connectivity index (χ3n) is 5.07. The van der Waals surface area contributed by atoms with Crippen LogP contribution in [0, 0.1) is 13.8 Å². The molecule has 0 fully saturated rings. The smallest absolute Gasteiger partial charge is 0.264 e. The maximum Gasteiger partial charge on any atom is 0.264 e. The number of nitrogens with zero attached hydrogens (tertiary/aromatic N) is 2. The average Bonchev–Trinajstić information content (AvgIpc) is 2.69. The van der Waals surface area contributed by atoms with Crippen molar-refractivity contribution in [3.8, 4) is 5.75 Å². The summed E-state index contributed by atoms with van der Waals surface area (Å²) in [7, 11) is 0. The number of fused-ring (bicyclic) bond motifs is 1. The molecule has 0 saturated carbocycles. The molecule has 0 atom stereocenters. The van der Waals surface area contributed by atoms with E-state index < -0.39 is 0 Å². The Labute approximate surface area is 165 Å². The lowest BCUT2D eigenvalue weighted by atomic mass is 10.1. The van der Waals surface area contributed by atoms with Crippen LogP contribution in [-0.4, -0.2) is 23.6 Å². The van der Waals surface area contributed by atoms with Gasteiger partial charge in [-0.2, -0.15) is 0 Å². The quantitative estimate of drug-likeness (QED) is 0.650. The summed E-state index contributed by atoms with van der Waals surface area (Å²) < 4.78 is 7.51. The van der Waals surface area contributed by atoms with Gasteiger partial charge in [-0.15, -0.1) is 0 Å². The Kier molecular flexibility index (Phi) is 5.83. The SMILES string of the molecule is CCN(C(=O)COc1cc(=O)n(CC)c2ccccc12)c1ccc(C)c(C)c1. The van der Waals surface area contributed by atoms with E-state index in [4.69, 9.17) is 4.74 Å². The van der Waals surface area contributed by atoms with E-state index in [0.717, 1.165) is 22.2 Å². The fourth-order valence-electron chi connectivity index (χ4n) is 3.36. The number of hydrogen-bond acceptors (Lipinski definition) is 3. The lowest BCUT2D eigenvalue weighted by Gasteiger charge is -2.22. The van der Waals surface area contributed by atoms with Crippen molar-refractivity contribution in [2.24, 2.45) is 0 Å². The van der Waals surface area contributed by atoms with Gasteiger partial charge in [0.15, 0.2) is 6.61 Å². The monoisotopic (exact) mass is 378 g/mol. The summed E-state index contributed by atoms with van der Waals surface area (Å²) in [5.74, 6) is 0.296. The highest BCUT2D eigenvalue weighted by Gasteiger charge is 2.16. The van der Waals surface area contributed by atoms with Crippen LogP contribution >= 0.6 is 0 Å². The van der Waals surface area contributed by atoms with Crippen LogP contribution in [0.4, 0.5) is 5.69 Å². The lowest BCUT2D eigenvalue weighted by Crippen LogP contribution is -2.35. The summed E-state index contributed by atoms with van der Waals surface area (Å²) in [5.41, 5.74) is 3.85. The van der Waals surface area contributed by atoms with Crippen LogP contribution in [0.5, 0.6) is 5.75 Å². The molecule has 0 bridgehead atoms. The second-order valence-electron chi connectivity index (χ2n) is 6.80. The molecular weight excluding hydrogens is 352 g/mol. The zero-order valence-electron chi connectivity index (χ0n) is 16.9. The molecule has 5 heteroatoms. The summed E-state index contributed by atoms with van der Waals surface area (Å²) in [6, 6.07) is 15.0. The lowest BCUT2D eigenvalue weighted by molar-refractivity contribution is -0.120. The topological polar surface area (TPSA) is 51.5 Å². The second kappa shape index (κ2) is 8.30. The number of rotatable bonds is 6. The minimum Gasteiger partial charge on any atom is -0.483 e. The Balaban J connectivity index is 1.86. The van der Waals surface area contributed by atoms with Crippen molar-refractivity contribution in [3.05, 3.63) is 70.0 Å². The van der Waals surface area contributed by atoms with Gasteiger partial charge in [0.2, 0.25) is 0 Å². The van der Waals surface area contributed by atoms with Crippen LogP contribution in [0.1, 0.15) is 25.0 Å². The molecule has 3 rings (SSSR count). The van der Waals surface area contributed by atoms with Crippen molar-refractivity contribution in [1.29, 1.82) is 0 Å². The standard InChI is InChI=1S/C23H26N2O3/c1-5-24(18-12-11-16(3)17(4)13-18)23(27)15-28-21-14-22(26)25(6-2)20-10-8-7-9-19(20)21/h7-14H,5-6,15H2,1-4H3. The molecule has 0 aliphatic carbocycles. The van der Waals surface area contributed by atoms with Crippen LogP contribution in [0.15, 0.2) is 53.3 Å².